The first kappa shape index (κ1) is 15.6. The van der Waals surface area contributed by atoms with Crippen LogP contribution in [0.15, 0.2) is 18.2 Å². The van der Waals surface area contributed by atoms with Crippen LogP contribution in [0, 0.1) is 0 Å². The molecule has 1 aromatic carbocycles. The number of rotatable bonds is 3. The van der Waals surface area contributed by atoms with E-state index in [0.29, 0.717) is 48.7 Å². The molecule has 1 atom stereocenters. The Kier molecular flexibility index (Phi) is 4.12. The van der Waals surface area contributed by atoms with Crippen LogP contribution in [-0.2, 0) is 4.79 Å². The molecule has 2 aliphatic heterocycles. The van der Waals surface area contributed by atoms with Gasteiger partial charge in [-0.2, -0.15) is 0 Å². The van der Waals surface area contributed by atoms with Crippen LogP contribution in [0.3, 0.4) is 0 Å². The first-order valence-corrected chi connectivity index (χ1v) is 7.75. The van der Waals surface area contributed by atoms with Gasteiger partial charge >= 0.3 is 12.0 Å². The molecule has 2 N–H and O–H groups in total. The summed E-state index contributed by atoms with van der Waals surface area (Å²) >= 11 is 6.14. The summed E-state index contributed by atoms with van der Waals surface area (Å²) in [5.41, 5.74) is 0.788. The van der Waals surface area contributed by atoms with Gasteiger partial charge < -0.3 is 15.3 Å². The number of carbonyl (C=O) groups is 3. The lowest BCUT2D eigenvalue weighted by Crippen LogP contribution is -2.40. The Labute approximate surface area is 137 Å². The van der Waals surface area contributed by atoms with Crippen LogP contribution in [0.5, 0.6) is 0 Å². The number of hydrogen-bond acceptors (Lipinski definition) is 3. The third-order valence-corrected chi connectivity index (χ3v) is 4.46. The first-order chi connectivity index (χ1) is 11.0. The molecule has 7 nitrogen and oxygen atoms in total. The predicted octanol–water partition coefficient (Wildman–Crippen LogP) is 1.56. The normalized spacial score (nSPS) is 20.7. The Hall–Kier alpha value is -2.28. The van der Waals surface area contributed by atoms with Crippen molar-refractivity contribution in [2.75, 3.05) is 24.5 Å². The van der Waals surface area contributed by atoms with E-state index in [2.05, 4.69) is 5.32 Å². The molecule has 2 fully saturated rings. The Morgan fingerprint density at radius 1 is 1.30 bits per heavy atom. The lowest BCUT2D eigenvalue weighted by Gasteiger charge is -2.23. The van der Waals surface area contributed by atoms with Gasteiger partial charge in [-0.25, -0.2) is 9.59 Å². The van der Waals surface area contributed by atoms with Gasteiger partial charge in [-0.15, -0.1) is 0 Å². The molecular formula is C15H16ClN3O4. The van der Waals surface area contributed by atoms with E-state index in [9.17, 15) is 19.5 Å². The molecule has 0 aromatic heterocycles. The molecule has 3 rings (SSSR count). The molecule has 0 aliphatic carbocycles. The number of amides is 3. The quantitative estimate of drug-likeness (QED) is 0.875. The molecule has 0 spiro atoms. The van der Waals surface area contributed by atoms with E-state index in [-0.39, 0.29) is 11.9 Å². The van der Waals surface area contributed by atoms with Gasteiger partial charge in [0.1, 0.15) is 6.04 Å². The summed E-state index contributed by atoms with van der Waals surface area (Å²) in [5, 5.41) is 12.3. The number of likely N-dealkylation sites (tertiary alicyclic amines) is 1. The van der Waals surface area contributed by atoms with Gasteiger partial charge in [-0.3, -0.25) is 9.69 Å². The standard InChI is InChI=1S/C15H16ClN3O4/c16-10-4-3-9(8-12(10)19-7-5-17-15(19)23)13(20)18-6-1-2-11(18)14(21)22/h3-4,8,11H,1-2,5-7H2,(H,17,23)(H,21,22)/t11-/m1/s1. The molecule has 23 heavy (non-hydrogen) atoms. The molecule has 3 amide bonds. The van der Waals surface area contributed by atoms with E-state index in [1.165, 1.54) is 9.80 Å². The van der Waals surface area contributed by atoms with Crippen molar-refractivity contribution in [1.82, 2.24) is 10.2 Å². The number of carboxylic acid groups (broad SMARTS) is 1. The van der Waals surface area contributed by atoms with Crippen molar-refractivity contribution in [2.24, 2.45) is 0 Å². The lowest BCUT2D eigenvalue weighted by atomic mass is 10.1. The molecule has 0 bridgehead atoms. The number of aliphatic carboxylic acids is 1. The molecule has 8 heteroatoms. The minimum atomic E-state index is -0.996. The van der Waals surface area contributed by atoms with E-state index in [1.807, 2.05) is 0 Å². The van der Waals surface area contributed by atoms with Crippen LogP contribution in [0.25, 0.3) is 0 Å². The molecule has 2 heterocycles. The number of anilines is 1. The highest BCUT2D eigenvalue weighted by atomic mass is 35.5. The summed E-state index contributed by atoms with van der Waals surface area (Å²) < 4.78 is 0. The summed E-state index contributed by atoms with van der Waals surface area (Å²) in [4.78, 5) is 38.5. The molecule has 0 unspecified atom stereocenters. The molecular weight excluding hydrogens is 322 g/mol. The molecule has 0 saturated carbocycles. The first-order valence-electron chi connectivity index (χ1n) is 7.37. The second-order valence-electron chi connectivity index (χ2n) is 5.54. The number of carboxylic acids is 1. The van der Waals surface area contributed by atoms with Crippen LogP contribution in [-0.4, -0.2) is 53.6 Å². The average molecular weight is 338 g/mol. The van der Waals surface area contributed by atoms with Crippen molar-refractivity contribution in [2.45, 2.75) is 18.9 Å². The van der Waals surface area contributed by atoms with Crippen molar-refractivity contribution < 1.29 is 19.5 Å². The number of nitrogens with one attached hydrogen (secondary N) is 1. The predicted molar refractivity (Wildman–Crippen MR) is 83.9 cm³/mol. The van der Waals surface area contributed by atoms with Gasteiger partial charge in [0.05, 0.1) is 10.7 Å². The number of halogens is 1. The fourth-order valence-corrected chi connectivity index (χ4v) is 3.21. The molecule has 2 saturated heterocycles. The maximum atomic E-state index is 12.6. The van der Waals surface area contributed by atoms with Gasteiger partial charge in [-0.1, -0.05) is 11.6 Å². The van der Waals surface area contributed by atoms with E-state index >= 15 is 0 Å². The van der Waals surface area contributed by atoms with E-state index in [1.54, 1.807) is 18.2 Å². The minimum Gasteiger partial charge on any atom is -0.480 e. The second-order valence-corrected chi connectivity index (χ2v) is 5.95. The van der Waals surface area contributed by atoms with Crippen LogP contribution in [0.1, 0.15) is 23.2 Å². The summed E-state index contributed by atoms with van der Waals surface area (Å²) in [7, 11) is 0. The van der Waals surface area contributed by atoms with Crippen LogP contribution >= 0.6 is 11.6 Å². The Morgan fingerprint density at radius 2 is 2.09 bits per heavy atom. The lowest BCUT2D eigenvalue weighted by molar-refractivity contribution is -0.141. The molecule has 1 aromatic rings. The maximum Gasteiger partial charge on any atom is 0.326 e. The highest BCUT2D eigenvalue weighted by molar-refractivity contribution is 6.34. The molecule has 122 valence electrons. The molecule has 2 aliphatic rings. The third-order valence-electron chi connectivity index (χ3n) is 4.14. The number of urea groups is 1. The van der Waals surface area contributed by atoms with Crippen molar-refractivity contribution in [3.8, 4) is 0 Å². The van der Waals surface area contributed by atoms with Crippen LogP contribution in [0.2, 0.25) is 5.02 Å². The summed E-state index contributed by atoms with van der Waals surface area (Å²) in [5.74, 6) is -1.35. The van der Waals surface area contributed by atoms with Crippen LogP contribution in [0.4, 0.5) is 10.5 Å². The van der Waals surface area contributed by atoms with Gasteiger partial charge in [0.15, 0.2) is 0 Å². The number of nitrogens with zero attached hydrogens (tertiary/aromatic N) is 2. The van der Waals surface area contributed by atoms with Gasteiger partial charge in [0, 0.05) is 25.2 Å². The average Bonchev–Trinajstić information content (AvgIpc) is 3.16. The topological polar surface area (TPSA) is 89.9 Å². The van der Waals surface area contributed by atoms with E-state index in [0.717, 1.165) is 0 Å². The Bertz CT molecular complexity index is 679. The SMILES string of the molecule is O=C(O)[C@H]1CCCN1C(=O)c1ccc(Cl)c(N2CCNC2=O)c1. The third kappa shape index (κ3) is 2.84. The largest absolute Gasteiger partial charge is 0.480 e. The van der Waals surface area contributed by atoms with Crippen molar-refractivity contribution in [3.05, 3.63) is 28.8 Å². The second kappa shape index (κ2) is 6.08. The summed E-state index contributed by atoms with van der Waals surface area (Å²) in [6.07, 6.45) is 1.12. The molecule has 0 radical (unpaired) electrons. The van der Waals surface area contributed by atoms with Crippen molar-refractivity contribution in [3.63, 3.8) is 0 Å². The fraction of sp³-hybridized carbons (Fsp3) is 0.400. The monoisotopic (exact) mass is 337 g/mol. The Morgan fingerprint density at radius 3 is 2.74 bits per heavy atom. The van der Waals surface area contributed by atoms with Gasteiger partial charge in [0.25, 0.3) is 5.91 Å². The smallest absolute Gasteiger partial charge is 0.326 e. The van der Waals surface area contributed by atoms with Crippen molar-refractivity contribution >= 4 is 35.2 Å². The minimum absolute atomic E-state index is 0.263. The highest BCUT2D eigenvalue weighted by Crippen LogP contribution is 2.30. The zero-order chi connectivity index (χ0) is 16.6. The highest BCUT2D eigenvalue weighted by Gasteiger charge is 2.35. The van der Waals surface area contributed by atoms with Gasteiger partial charge in [0.2, 0.25) is 0 Å². The van der Waals surface area contributed by atoms with E-state index < -0.39 is 12.0 Å². The zero-order valence-corrected chi connectivity index (χ0v) is 13.0. The van der Waals surface area contributed by atoms with Gasteiger partial charge in [-0.05, 0) is 31.0 Å². The summed E-state index contributed by atoms with van der Waals surface area (Å²) in [6, 6.07) is 3.60. The summed E-state index contributed by atoms with van der Waals surface area (Å²) in [6.45, 7) is 1.40. The fourth-order valence-electron chi connectivity index (χ4n) is 2.99. The number of hydrogen-bond donors (Lipinski definition) is 2. The van der Waals surface area contributed by atoms with Crippen LogP contribution < -0.4 is 10.2 Å². The van der Waals surface area contributed by atoms with Crippen molar-refractivity contribution in [1.29, 1.82) is 0 Å². The maximum absolute atomic E-state index is 12.6. The number of carbonyl (C=O) groups excluding carboxylic acids is 2. The zero-order valence-electron chi connectivity index (χ0n) is 12.3. The number of benzene rings is 1. The Balaban J connectivity index is 1.90. The van der Waals surface area contributed by atoms with E-state index in [4.69, 9.17) is 11.6 Å².